The van der Waals surface area contributed by atoms with Crippen molar-refractivity contribution in [3.8, 4) is 0 Å². The standard InChI is InChI=1S/C22H36O3/c1-8-10-17(9-2)18-11-13-19(14-12-18)21(23)25-20(24-16(3)4)15-22(5,6)7/h11-14,16-17,20H,8-10,15H2,1-7H3. The van der Waals surface area contributed by atoms with Crippen molar-refractivity contribution in [3.05, 3.63) is 35.4 Å². The molecule has 0 aliphatic carbocycles. The summed E-state index contributed by atoms with van der Waals surface area (Å²) >= 11 is 0. The van der Waals surface area contributed by atoms with Crippen LogP contribution in [0.4, 0.5) is 0 Å². The number of carbonyl (C=O) groups is 1. The SMILES string of the molecule is CCCC(CC)c1ccc(C(=O)OC(CC(C)(C)C)OC(C)C)cc1. The molecule has 0 spiro atoms. The predicted octanol–water partition coefficient (Wildman–Crippen LogP) is 6.32. The quantitative estimate of drug-likeness (QED) is 0.387. The lowest BCUT2D eigenvalue weighted by molar-refractivity contribution is -0.146. The Morgan fingerprint density at radius 1 is 1.08 bits per heavy atom. The molecular weight excluding hydrogens is 312 g/mol. The highest BCUT2D eigenvalue weighted by Crippen LogP contribution is 2.26. The molecule has 2 unspecified atom stereocenters. The van der Waals surface area contributed by atoms with E-state index in [2.05, 4.69) is 46.8 Å². The largest absolute Gasteiger partial charge is 0.432 e. The molecule has 0 heterocycles. The van der Waals surface area contributed by atoms with Crippen LogP contribution in [-0.2, 0) is 9.47 Å². The second kappa shape index (κ2) is 9.96. The van der Waals surface area contributed by atoms with Gasteiger partial charge in [-0.15, -0.1) is 0 Å². The van der Waals surface area contributed by atoms with Gasteiger partial charge >= 0.3 is 5.97 Å². The average molecular weight is 349 g/mol. The first kappa shape index (κ1) is 21.7. The van der Waals surface area contributed by atoms with Gasteiger partial charge < -0.3 is 9.47 Å². The molecule has 0 aliphatic heterocycles. The van der Waals surface area contributed by atoms with E-state index in [1.54, 1.807) is 0 Å². The summed E-state index contributed by atoms with van der Waals surface area (Å²) in [7, 11) is 0. The van der Waals surface area contributed by atoms with Crippen molar-refractivity contribution in [1.29, 1.82) is 0 Å². The van der Waals surface area contributed by atoms with Crippen molar-refractivity contribution in [3.63, 3.8) is 0 Å². The summed E-state index contributed by atoms with van der Waals surface area (Å²) in [4.78, 5) is 12.5. The van der Waals surface area contributed by atoms with Gasteiger partial charge in [0.25, 0.3) is 0 Å². The Hall–Kier alpha value is -1.35. The van der Waals surface area contributed by atoms with Crippen LogP contribution >= 0.6 is 0 Å². The highest BCUT2D eigenvalue weighted by Gasteiger charge is 2.24. The third-order valence-corrected chi connectivity index (χ3v) is 4.19. The lowest BCUT2D eigenvalue weighted by atomic mass is 9.91. The van der Waals surface area contributed by atoms with Crippen molar-refractivity contribution in [2.75, 3.05) is 0 Å². The first-order valence-electron chi connectivity index (χ1n) is 9.62. The van der Waals surface area contributed by atoms with E-state index in [0.717, 1.165) is 6.42 Å². The lowest BCUT2D eigenvalue weighted by Gasteiger charge is -2.27. The topological polar surface area (TPSA) is 35.5 Å². The molecule has 0 aliphatic rings. The molecule has 0 radical (unpaired) electrons. The van der Waals surface area contributed by atoms with Gasteiger partial charge in [-0.2, -0.15) is 0 Å². The molecule has 2 atom stereocenters. The number of ether oxygens (including phenoxy) is 2. The maximum absolute atomic E-state index is 12.5. The molecule has 0 fully saturated rings. The molecular formula is C22H36O3. The smallest absolute Gasteiger partial charge is 0.340 e. The van der Waals surface area contributed by atoms with E-state index in [1.807, 2.05) is 26.0 Å². The van der Waals surface area contributed by atoms with Crippen molar-refractivity contribution < 1.29 is 14.3 Å². The lowest BCUT2D eigenvalue weighted by Crippen LogP contribution is -2.29. The molecule has 0 bridgehead atoms. The summed E-state index contributed by atoms with van der Waals surface area (Å²) < 4.78 is 11.4. The fourth-order valence-electron chi connectivity index (χ4n) is 2.95. The Morgan fingerprint density at radius 3 is 2.12 bits per heavy atom. The summed E-state index contributed by atoms with van der Waals surface area (Å²) in [5.41, 5.74) is 1.91. The van der Waals surface area contributed by atoms with Crippen molar-refractivity contribution >= 4 is 5.97 Å². The van der Waals surface area contributed by atoms with E-state index in [9.17, 15) is 4.79 Å². The third-order valence-electron chi connectivity index (χ3n) is 4.19. The Kier molecular flexibility index (Phi) is 8.64. The van der Waals surface area contributed by atoms with E-state index in [1.165, 1.54) is 18.4 Å². The highest BCUT2D eigenvalue weighted by molar-refractivity contribution is 5.89. The zero-order chi connectivity index (χ0) is 19.0. The Balaban J connectivity index is 2.80. The molecule has 0 saturated heterocycles. The Bertz CT molecular complexity index is 511. The normalized spacial score (nSPS) is 14.4. The van der Waals surface area contributed by atoms with Gasteiger partial charge in [0.15, 0.2) is 0 Å². The summed E-state index contributed by atoms with van der Waals surface area (Å²) in [6.45, 7) is 14.7. The van der Waals surface area contributed by atoms with Crippen LogP contribution in [0, 0.1) is 5.41 Å². The number of hydrogen-bond acceptors (Lipinski definition) is 3. The van der Waals surface area contributed by atoms with Gasteiger partial charge in [0.2, 0.25) is 6.29 Å². The van der Waals surface area contributed by atoms with Crippen molar-refractivity contribution in [2.24, 2.45) is 5.41 Å². The molecule has 1 aromatic rings. The van der Waals surface area contributed by atoms with Crippen LogP contribution in [0.2, 0.25) is 0 Å². The average Bonchev–Trinajstić information content (AvgIpc) is 2.50. The fourth-order valence-corrected chi connectivity index (χ4v) is 2.95. The van der Waals surface area contributed by atoms with Crippen LogP contribution in [0.3, 0.4) is 0 Å². The highest BCUT2D eigenvalue weighted by atomic mass is 16.7. The Morgan fingerprint density at radius 2 is 1.68 bits per heavy atom. The minimum Gasteiger partial charge on any atom is -0.432 e. The molecule has 142 valence electrons. The van der Waals surface area contributed by atoms with Crippen LogP contribution in [0.15, 0.2) is 24.3 Å². The summed E-state index contributed by atoms with van der Waals surface area (Å²) in [6, 6.07) is 7.87. The number of esters is 1. The molecule has 0 aromatic heterocycles. The molecule has 1 aromatic carbocycles. The van der Waals surface area contributed by atoms with Gasteiger partial charge in [-0.05, 0) is 55.7 Å². The first-order valence-corrected chi connectivity index (χ1v) is 9.62. The summed E-state index contributed by atoms with van der Waals surface area (Å²) in [6.07, 6.45) is 3.63. The van der Waals surface area contributed by atoms with Gasteiger partial charge in [-0.3, -0.25) is 0 Å². The molecule has 3 nitrogen and oxygen atoms in total. The summed E-state index contributed by atoms with van der Waals surface area (Å²) in [5.74, 6) is 0.248. The van der Waals surface area contributed by atoms with E-state index in [4.69, 9.17) is 9.47 Å². The van der Waals surface area contributed by atoms with Crippen molar-refractivity contribution in [1.82, 2.24) is 0 Å². The number of carbonyl (C=O) groups excluding carboxylic acids is 1. The third kappa shape index (κ3) is 8.04. The monoisotopic (exact) mass is 348 g/mol. The first-order chi connectivity index (χ1) is 11.7. The zero-order valence-corrected chi connectivity index (χ0v) is 17.1. The van der Waals surface area contributed by atoms with E-state index in [-0.39, 0.29) is 17.5 Å². The predicted molar refractivity (Wildman–Crippen MR) is 104 cm³/mol. The molecule has 0 amide bonds. The Labute approximate surface area is 154 Å². The minimum atomic E-state index is -0.518. The molecule has 3 heteroatoms. The van der Waals surface area contributed by atoms with Crippen LogP contribution in [0.1, 0.15) is 96.0 Å². The molecule has 0 N–H and O–H groups in total. The second-order valence-electron chi connectivity index (χ2n) is 8.30. The maximum atomic E-state index is 12.5. The van der Waals surface area contributed by atoms with Gasteiger partial charge in [-0.25, -0.2) is 4.79 Å². The van der Waals surface area contributed by atoms with Crippen LogP contribution in [0.5, 0.6) is 0 Å². The van der Waals surface area contributed by atoms with Crippen molar-refractivity contribution in [2.45, 2.75) is 92.5 Å². The van der Waals surface area contributed by atoms with Gasteiger partial charge in [0.05, 0.1) is 11.7 Å². The van der Waals surface area contributed by atoms with Gasteiger partial charge in [0.1, 0.15) is 0 Å². The van der Waals surface area contributed by atoms with E-state index in [0.29, 0.717) is 17.9 Å². The zero-order valence-electron chi connectivity index (χ0n) is 17.1. The fraction of sp³-hybridized carbons (Fsp3) is 0.682. The van der Waals surface area contributed by atoms with Crippen LogP contribution < -0.4 is 0 Å². The second-order valence-corrected chi connectivity index (χ2v) is 8.30. The van der Waals surface area contributed by atoms with E-state index < -0.39 is 6.29 Å². The van der Waals surface area contributed by atoms with Crippen LogP contribution in [-0.4, -0.2) is 18.4 Å². The number of rotatable bonds is 9. The molecule has 1 rings (SSSR count). The number of hydrogen-bond donors (Lipinski definition) is 0. The van der Waals surface area contributed by atoms with E-state index >= 15 is 0 Å². The maximum Gasteiger partial charge on any atom is 0.340 e. The molecule has 25 heavy (non-hydrogen) atoms. The van der Waals surface area contributed by atoms with Gasteiger partial charge in [-0.1, -0.05) is 53.2 Å². The van der Waals surface area contributed by atoms with Gasteiger partial charge in [0, 0.05) is 6.42 Å². The number of benzene rings is 1. The van der Waals surface area contributed by atoms with Crippen LogP contribution in [0.25, 0.3) is 0 Å². The minimum absolute atomic E-state index is 0.0156. The summed E-state index contributed by atoms with van der Waals surface area (Å²) in [5, 5.41) is 0. The molecule has 0 saturated carbocycles.